The van der Waals surface area contributed by atoms with Gasteiger partial charge in [0.05, 0.1) is 0 Å². The standard InChI is InChI=1S/C13H26N2O/c1-10-9-15(11(2)8-14(10)6)12(16)7-13(3,4)5/h10-11H,7-9H2,1-6H3/t10-,11+/m0/s1. The lowest BCUT2D eigenvalue weighted by Crippen LogP contribution is -2.57. The monoisotopic (exact) mass is 226 g/mol. The fourth-order valence-electron chi connectivity index (χ4n) is 2.20. The molecular weight excluding hydrogens is 200 g/mol. The summed E-state index contributed by atoms with van der Waals surface area (Å²) < 4.78 is 0. The summed E-state index contributed by atoms with van der Waals surface area (Å²) in [6.45, 7) is 12.5. The molecule has 1 fully saturated rings. The van der Waals surface area contributed by atoms with Crippen molar-refractivity contribution in [2.45, 2.75) is 53.1 Å². The number of hydrogen-bond acceptors (Lipinski definition) is 2. The minimum Gasteiger partial charge on any atom is -0.337 e. The molecule has 0 aromatic carbocycles. The Morgan fingerprint density at radius 3 is 2.25 bits per heavy atom. The molecule has 0 aromatic rings. The van der Waals surface area contributed by atoms with Crippen molar-refractivity contribution in [3.8, 4) is 0 Å². The SMILES string of the molecule is C[C@@H]1CN(C)[C@@H](C)CN1C(=O)CC(C)(C)C. The van der Waals surface area contributed by atoms with E-state index in [0.29, 0.717) is 24.4 Å². The minimum absolute atomic E-state index is 0.0867. The van der Waals surface area contributed by atoms with Crippen molar-refractivity contribution in [3.05, 3.63) is 0 Å². The second-order valence-corrected chi connectivity index (χ2v) is 6.42. The lowest BCUT2D eigenvalue weighted by Gasteiger charge is -2.43. The summed E-state index contributed by atoms with van der Waals surface area (Å²) in [5.74, 6) is 0.306. The van der Waals surface area contributed by atoms with Crippen molar-refractivity contribution in [1.82, 2.24) is 9.80 Å². The maximum Gasteiger partial charge on any atom is 0.223 e. The number of nitrogens with zero attached hydrogens (tertiary/aromatic N) is 2. The molecule has 0 spiro atoms. The number of rotatable bonds is 1. The predicted octanol–water partition coefficient (Wildman–Crippen LogP) is 1.97. The van der Waals surface area contributed by atoms with E-state index in [2.05, 4.69) is 51.5 Å². The molecule has 0 aromatic heterocycles. The number of carbonyl (C=O) groups excluding carboxylic acids is 1. The molecule has 0 saturated carbocycles. The molecule has 0 unspecified atom stereocenters. The average Bonchev–Trinajstić information content (AvgIpc) is 2.08. The molecule has 3 heteroatoms. The molecule has 0 N–H and O–H groups in total. The zero-order valence-corrected chi connectivity index (χ0v) is 11.6. The minimum atomic E-state index is 0.0867. The molecule has 94 valence electrons. The highest BCUT2D eigenvalue weighted by atomic mass is 16.2. The second-order valence-electron chi connectivity index (χ2n) is 6.42. The van der Waals surface area contributed by atoms with Gasteiger partial charge in [-0.1, -0.05) is 20.8 Å². The van der Waals surface area contributed by atoms with Crippen LogP contribution >= 0.6 is 0 Å². The van der Waals surface area contributed by atoms with Gasteiger partial charge >= 0.3 is 0 Å². The van der Waals surface area contributed by atoms with Gasteiger partial charge in [0.25, 0.3) is 0 Å². The van der Waals surface area contributed by atoms with Gasteiger partial charge in [-0.25, -0.2) is 0 Å². The van der Waals surface area contributed by atoms with Gasteiger partial charge in [0.15, 0.2) is 0 Å². The number of hydrogen-bond donors (Lipinski definition) is 0. The van der Waals surface area contributed by atoms with Gasteiger partial charge < -0.3 is 4.90 Å². The van der Waals surface area contributed by atoms with Gasteiger partial charge in [-0.05, 0) is 26.3 Å². The van der Waals surface area contributed by atoms with Crippen molar-refractivity contribution in [1.29, 1.82) is 0 Å². The summed E-state index contributed by atoms with van der Waals surface area (Å²) in [5, 5.41) is 0. The van der Waals surface area contributed by atoms with Gasteiger partial charge in [0.1, 0.15) is 0 Å². The first-order chi connectivity index (χ1) is 7.20. The quantitative estimate of drug-likeness (QED) is 0.682. The number of carbonyl (C=O) groups is 1. The number of amides is 1. The number of piperazine rings is 1. The highest BCUT2D eigenvalue weighted by Crippen LogP contribution is 2.22. The molecule has 1 rings (SSSR count). The molecule has 0 bridgehead atoms. The van der Waals surface area contributed by atoms with Gasteiger partial charge in [-0.15, -0.1) is 0 Å². The summed E-state index contributed by atoms with van der Waals surface area (Å²) >= 11 is 0. The molecule has 1 aliphatic heterocycles. The second kappa shape index (κ2) is 4.74. The third kappa shape index (κ3) is 3.48. The van der Waals surface area contributed by atoms with E-state index in [-0.39, 0.29) is 5.41 Å². The van der Waals surface area contributed by atoms with E-state index < -0.39 is 0 Å². The van der Waals surface area contributed by atoms with E-state index in [1.807, 2.05) is 0 Å². The van der Waals surface area contributed by atoms with E-state index in [9.17, 15) is 4.79 Å². The first-order valence-corrected chi connectivity index (χ1v) is 6.20. The Kier molecular flexibility index (Phi) is 4.00. The highest BCUT2D eigenvalue weighted by Gasteiger charge is 2.31. The average molecular weight is 226 g/mol. The summed E-state index contributed by atoms with van der Waals surface area (Å²) in [6, 6.07) is 0.816. The topological polar surface area (TPSA) is 23.6 Å². The van der Waals surface area contributed by atoms with Crippen LogP contribution in [0.3, 0.4) is 0 Å². The highest BCUT2D eigenvalue weighted by molar-refractivity contribution is 5.77. The summed E-state index contributed by atoms with van der Waals surface area (Å²) in [7, 11) is 2.13. The molecule has 1 aliphatic rings. The third-order valence-electron chi connectivity index (χ3n) is 3.30. The summed E-state index contributed by atoms with van der Waals surface area (Å²) in [5.41, 5.74) is 0.0867. The predicted molar refractivity (Wildman–Crippen MR) is 67.3 cm³/mol. The van der Waals surface area contributed by atoms with Gasteiger partial charge in [-0.2, -0.15) is 0 Å². The van der Waals surface area contributed by atoms with E-state index in [4.69, 9.17) is 0 Å². The molecule has 1 amide bonds. The Morgan fingerprint density at radius 1 is 1.19 bits per heavy atom. The molecule has 1 heterocycles. The van der Waals surface area contributed by atoms with Crippen LogP contribution in [0.15, 0.2) is 0 Å². The molecule has 1 saturated heterocycles. The maximum absolute atomic E-state index is 12.2. The molecule has 0 radical (unpaired) electrons. The molecule has 0 aliphatic carbocycles. The lowest BCUT2D eigenvalue weighted by molar-refractivity contribution is -0.138. The normalized spacial score (nSPS) is 28.2. The van der Waals surface area contributed by atoms with E-state index in [1.165, 1.54) is 0 Å². The Balaban J connectivity index is 2.62. The van der Waals surface area contributed by atoms with Crippen LogP contribution in [0.1, 0.15) is 41.0 Å². The molecule has 16 heavy (non-hydrogen) atoms. The van der Waals surface area contributed by atoms with E-state index in [1.54, 1.807) is 0 Å². The van der Waals surface area contributed by atoms with Crippen LogP contribution in [-0.2, 0) is 4.79 Å². The summed E-state index contributed by atoms with van der Waals surface area (Å²) in [6.07, 6.45) is 0.647. The van der Waals surface area contributed by atoms with Gasteiger partial charge in [-0.3, -0.25) is 9.69 Å². The van der Waals surface area contributed by atoms with Crippen LogP contribution < -0.4 is 0 Å². The van der Waals surface area contributed by atoms with Crippen LogP contribution in [-0.4, -0.2) is 47.9 Å². The largest absolute Gasteiger partial charge is 0.337 e. The van der Waals surface area contributed by atoms with Gasteiger partial charge in [0.2, 0.25) is 5.91 Å². The zero-order valence-electron chi connectivity index (χ0n) is 11.6. The molecular formula is C13H26N2O. The van der Waals surface area contributed by atoms with Crippen LogP contribution in [0, 0.1) is 5.41 Å². The Labute approximate surface area is 99.8 Å². The van der Waals surface area contributed by atoms with E-state index >= 15 is 0 Å². The van der Waals surface area contributed by atoms with Crippen molar-refractivity contribution < 1.29 is 4.79 Å². The first kappa shape index (κ1) is 13.5. The van der Waals surface area contributed by atoms with Crippen molar-refractivity contribution in [2.24, 2.45) is 5.41 Å². The molecule has 2 atom stereocenters. The van der Waals surface area contributed by atoms with Gasteiger partial charge in [0, 0.05) is 31.6 Å². The summed E-state index contributed by atoms with van der Waals surface area (Å²) in [4.78, 5) is 16.6. The van der Waals surface area contributed by atoms with Crippen molar-refractivity contribution >= 4 is 5.91 Å². The van der Waals surface area contributed by atoms with Crippen LogP contribution in [0.4, 0.5) is 0 Å². The Morgan fingerprint density at radius 2 is 1.75 bits per heavy atom. The Bertz CT molecular complexity index is 257. The third-order valence-corrected chi connectivity index (χ3v) is 3.30. The number of likely N-dealkylation sites (N-methyl/N-ethyl adjacent to an activating group) is 1. The Hall–Kier alpha value is -0.570. The first-order valence-electron chi connectivity index (χ1n) is 6.20. The van der Waals surface area contributed by atoms with Crippen LogP contribution in [0.5, 0.6) is 0 Å². The van der Waals surface area contributed by atoms with Crippen molar-refractivity contribution in [3.63, 3.8) is 0 Å². The molecule has 3 nitrogen and oxygen atoms in total. The van der Waals surface area contributed by atoms with Crippen LogP contribution in [0.2, 0.25) is 0 Å². The fourth-order valence-corrected chi connectivity index (χ4v) is 2.20. The van der Waals surface area contributed by atoms with Crippen LogP contribution in [0.25, 0.3) is 0 Å². The van der Waals surface area contributed by atoms with Crippen molar-refractivity contribution in [2.75, 3.05) is 20.1 Å². The van der Waals surface area contributed by atoms with E-state index in [0.717, 1.165) is 13.1 Å². The maximum atomic E-state index is 12.2. The smallest absolute Gasteiger partial charge is 0.223 e. The zero-order chi connectivity index (χ0) is 12.5. The fraction of sp³-hybridized carbons (Fsp3) is 0.923. The lowest BCUT2D eigenvalue weighted by atomic mass is 9.91.